The van der Waals surface area contributed by atoms with Crippen LogP contribution in [0.3, 0.4) is 0 Å². The fraction of sp³-hybridized carbons (Fsp3) is 0.571. The summed E-state index contributed by atoms with van der Waals surface area (Å²) in [5, 5.41) is 7.44. The molecule has 0 aliphatic heterocycles. The van der Waals surface area contributed by atoms with Crippen molar-refractivity contribution in [3.05, 3.63) is 21.3 Å². The summed E-state index contributed by atoms with van der Waals surface area (Å²) in [5.74, 6) is 1.06. The van der Waals surface area contributed by atoms with E-state index >= 15 is 0 Å². The number of aromatic amines is 1. The molecule has 0 unspecified atom stereocenters. The monoisotopic (exact) mass is 291 g/mol. The van der Waals surface area contributed by atoms with Gasteiger partial charge in [0.25, 0.3) is 0 Å². The van der Waals surface area contributed by atoms with Crippen molar-refractivity contribution in [2.24, 2.45) is 0 Å². The van der Waals surface area contributed by atoms with E-state index in [1.165, 1.54) is 49.8 Å². The molecule has 19 heavy (non-hydrogen) atoms. The first-order valence-electron chi connectivity index (χ1n) is 7.12. The van der Waals surface area contributed by atoms with E-state index in [1.54, 1.807) is 10.4 Å². The molecular weight excluding hydrogens is 274 g/mol. The van der Waals surface area contributed by atoms with E-state index in [0.29, 0.717) is 6.04 Å². The van der Waals surface area contributed by atoms with Crippen LogP contribution >= 0.6 is 23.6 Å². The van der Waals surface area contributed by atoms with E-state index < -0.39 is 0 Å². The molecule has 4 rings (SSSR count). The molecule has 1 saturated carbocycles. The lowest BCUT2D eigenvalue weighted by Crippen LogP contribution is -1.96. The first-order valence-corrected chi connectivity index (χ1v) is 8.34. The Morgan fingerprint density at radius 2 is 2.11 bits per heavy atom. The largest absolute Gasteiger partial charge is 0.296 e. The number of thiophene rings is 1. The van der Waals surface area contributed by atoms with Crippen molar-refractivity contribution in [3.63, 3.8) is 0 Å². The molecule has 0 spiro atoms. The molecular formula is C14H17N3S2. The minimum atomic E-state index is 0.586. The SMILES string of the molecule is S=c1[nH]nc(-c2cc3c(s2)CCCCC3)n1C1CC1. The molecule has 2 aliphatic rings. The number of hydrogen-bond acceptors (Lipinski definition) is 3. The lowest BCUT2D eigenvalue weighted by molar-refractivity contribution is 0.712. The first kappa shape index (κ1) is 11.9. The van der Waals surface area contributed by atoms with Crippen molar-refractivity contribution in [2.45, 2.75) is 51.0 Å². The highest BCUT2D eigenvalue weighted by atomic mass is 32.1. The standard InChI is InChI=1S/C14H17N3S2/c18-14-16-15-13(17(14)10-6-7-10)12-8-9-4-2-1-3-5-11(9)19-12/h8,10H,1-7H2,(H,16,18). The van der Waals surface area contributed by atoms with Gasteiger partial charge in [-0.15, -0.1) is 11.3 Å². The van der Waals surface area contributed by atoms with Gasteiger partial charge in [0.15, 0.2) is 10.6 Å². The first-order chi connectivity index (χ1) is 9.33. The summed E-state index contributed by atoms with van der Waals surface area (Å²) in [6, 6.07) is 2.94. The zero-order valence-electron chi connectivity index (χ0n) is 10.8. The molecule has 2 aromatic heterocycles. The van der Waals surface area contributed by atoms with Crippen molar-refractivity contribution in [1.29, 1.82) is 0 Å². The molecule has 0 saturated heterocycles. The number of hydrogen-bond donors (Lipinski definition) is 1. The van der Waals surface area contributed by atoms with Crippen molar-refractivity contribution >= 4 is 23.6 Å². The van der Waals surface area contributed by atoms with Crippen LogP contribution in [0.4, 0.5) is 0 Å². The van der Waals surface area contributed by atoms with Gasteiger partial charge in [-0.05, 0) is 62.4 Å². The third kappa shape index (κ3) is 2.09. The number of nitrogens with one attached hydrogen (secondary N) is 1. The quantitative estimate of drug-likeness (QED) is 0.662. The summed E-state index contributed by atoms with van der Waals surface area (Å²) in [5.41, 5.74) is 1.55. The lowest BCUT2D eigenvalue weighted by atomic mass is 10.1. The van der Waals surface area contributed by atoms with Crippen molar-refractivity contribution in [2.75, 3.05) is 0 Å². The van der Waals surface area contributed by atoms with Gasteiger partial charge in [-0.2, -0.15) is 5.10 Å². The third-order valence-electron chi connectivity index (χ3n) is 4.08. The Morgan fingerprint density at radius 1 is 1.26 bits per heavy atom. The summed E-state index contributed by atoms with van der Waals surface area (Å²) in [7, 11) is 0. The van der Waals surface area contributed by atoms with Crippen LogP contribution in [0.15, 0.2) is 6.07 Å². The van der Waals surface area contributed by atoms with Gasteiger partial charge >= 0.3 is 0 Å². The highest BCUT2D eigenvalue weighted by Gasteiger charge is 2.28. The van der Waals surface area contributed by atoms with Crippen LogP contribution in [0.1, 0.15) is 48.6 Å². The van der Waals surface area contributed by atoms with Gasteiger partial charge in [0.2, 0.25) is 0 Å². The molecule has 1 fully saturated rings. The third-order valence-corrected chi connectivity index (χ3v) is 5.60. The average Bonchev–Trinajstić information content (AvgIpc) is 3.11. The Labute approximate surface area is 121 Å². The maximum atomic E-state index is 5.37. The van der Waals surface area contributed by atoms with Crippen LogP contribution in [-0.4, -0.2) is 14.8 Å². The molecule has 100 valence electrons. The highest BCUT2D eigenvalue weighted by molar-refractivity contribution is 7.71. The van der Waals surface area contributed by atoms with E-state index in [-0.39, 0.29) is 0 Å². The number of nitrogens with zero attached hydrogens (tertiary/aromatic N) is 2. The summed E-state index contributed by atoms with van der Waals surface area (Å²) >= 11 is 7.29. The van der Waals surface area contributed by atoms with Crippen molar-refractivity contribution < 1.29 is 0 Å². The Balaban J connectivity index is 1.78. The summed E-state index contributed by atoms with van der Waals surface area (Å²) < 4.78 is 3.00. The predicted molar refractivity (Wildman–Crippen MR) is 80.3 cm³/mol. The number of fused-ring (bicyclic) bond motifs is 1. The predicted octanol–water partition coefficient (Wildman–Crippen LogP) is 4.27. The van der Waals surface area contributed by atoms with Crippen LogP contribution in [-0.2, 0) is 12.8 Å². The molecule has 0 radical (unpaired) electrons. The second kappa shape index (κ2) is 4.56. The van der Waals surface area contributed by atoms with Gasteiger partial charge < -0.3 is 0 Å². The second-order valence-electron chi connectivity index (χ2n) is 5.57. The zero-order valence-corrected chi connectivity index (χ0v) is 12.4. The van der Waals surface area contributed by atoms with E-state index in [9.17, 15) is 0 Å². The van der Waals surface area contributed by atoms with Gasteiger partial charge in [0.05, 0.1) is 4.88 Å². The van der Waals surface area contributed by atoms with Gasteiger partial charge in [0.1, 0.15) is 0 Å². The summed E-state index contributed by atoms with van der Waals surface area (Å²) in [6.07, 6.45) is 9.01. The van der Waals surface area contributed by atoms with Crippen molar-refractivity contribution in [1.82, 2.24) is 14.8 Å². The van der Waals surface area contributed by atoms with E-state index in [1.807, 2.05) is 11.3 Å². The van der Waals surface area contributed by atoms with Gasteiger partial charge in [-0.3, -0.25) is 9.67 Å². The summed E-state index contributed by atoms with van der Waals surface area (Å²) in [6.45, 7) is 0. The molecule has 2 aromatic rings. The minimum Gasteiger partial charge on any atom is -0.296 e. The van der Waals surface area contributed by atoms with Gasteiger partial charge in [0, 0.05) is 10.9 Å². The lowest BCUT2D eigenvalue weighted by Gasteiger charge is -2.02. The van der Waals surface area contributed by atoms with Crippen LogP contribution in [0.5, 0.6) is 0 Å². The van der Waals surface area contributed by atoms with Crippen LogP contribution in [0.25, 0.3) is 10.7 Å². The van der Waals surface area contributed by atoms with Gasteiger partial charge in [-0.25, -0.2) is 0 Å². The zero-order chi connectivity index (χ0) is 12.8. The number of rotatable bonds is 2. The topological polar surface area (TPSA) is 33.6 Å². The molecule has 2 aliphatic carbocycles. The summed E-state index contributed by atoms with van der Waals surface area (Å²) in [4.78, 5) is 2.87. The molecule has 0 amide bonds. The molecule has 5 heteroatoms. The van der Waals surface area contributed by atoms with E-state index in [2.05, 4.69) is 20.8 Å². The van der Waals surface area contributed by atoms with Crippen LogP contribution in [0.2, 0.25) is 0 Å². The maximum Gasteiger partial charge on any atom is 0.195 e. The Kier molecular flexibility index (Phi) is 2.84. The average molecular weight is 291 g/mol. The van der Waals surface area contributed by atoms with Gasteiger partial charge in [-0.1, -0.05) is 6.42 Å². The molecule has 0 atom stereocenters. The van der Waals surface area contributed by atoms with Crippen LogP contribution in [0, 0.1) is 4.77 Å². The fourth-order valence-corrected chi connectivity index (χ4v) is 4.45. The number of H-pyrrole nitrogens is 1. The number of aryl methyl sites for hydroxylation is 2. The molecule has 0 aromatic carbocycles. The maximum absolute atomic E-state index is 5.37. The number of aromatic nitrogens is 3. The Hall–Kier alpha value is -0.940. The molecule has 2 heterocycles. The molecule has 1 N–H and O–H groups in total. The highest BCUT2D eigenvalue weighted by Crippen LogP contribution is 2.40. The molecule has 0 bridgehead atoms. The fourth-order valence-electron chi connectivity index (χ4n) is 2.93. The van der Waals surface area contributed by atoms with Crippen LogP contribution < -0.4 is 0 Å². The smallest absolute Gasteiger partial charge is 0.195 e. The van der Waals surface area contributed by atoms with E-state index in [0.717, 1.165) is 10.6 Å². The van der Waals surface area contributed by atoms with E-state index in [4.69, 9.17) is 12.2 Å². The second-order valence-corrected chi connectivity index (χ2v) is 7.10. The Bertz CT molecular complexity index is 637. The Morgan fingerprint density at radius 3 is 2.95 bits per heavy atom. The van der Waals surface area contributed by atoms with Crippen molar-refractivity contribution in [3.8, 4) is 10.7 Å². The minimum absolute atomic E-state index is 0.586. The normalized spacial score (nSPS) is 19.2. The molecule has 3 nitrogen and oxygen atoms in total.